The van der Waals surface area contributed by atoms with Crippen molar-refractivity contribution in [2.75, 3.05) is 12.5 Å². The zero-order chi connectivity index (χ0) is 9.68. The van der Waals surface area contributed by atoms with Gasteiger partial charge in [-0.05, 0) is 31.4 Å². The Hall–Kier alpha value is -0.530. The second kappa shape index (κ2) is 5.25. The van der Waals surface area contributed by atoms with Crippen LogP contribution >= 0.6 is 11.6 Å². The van der Waals surface area contributed by atoms with Crippen molar-refractivity contribution in [2.45, 2.75) is 20.3 Å². The van der Waals surface area contributed by atoms with Crippen LogP contribution in [0.2, 0.25) is 0 Å². The minimum Gasteiger partial charge on any atom is -0.304 e. The molecule has 0 atom stereocenters. The normalized spacial score (nSPS) is 10.4. The minimum absolute atomic E-state index is 0.533. The second-order valence-electron chi connectivity index (χ2n) is 3.31. The maximum atomic E-state index is 5.52. The molecule has 0 amide bonds. The third kappa shape index (κ3) is 3.37. The predicted octanol–water partition coefficient (Wildman–Crippen LogP) is 2.63. The number of rotatable bonds is 4. The van der Waals surface area contributed by atoms with Gasteiger partial charge in [0.2, 0.25) is 0 Å². The molecule has 1 rings (SSSR count). The fourth-order valence-electron chi connectivity index (χ4n) is 1.42. The van der Waals surface area contributed by atoms with E-state index in [4.69, 9.17) is 11.6 Å². The molecule has 0 bridgehead atoms. The zero-order valence-corrected chi connectivity index (χ0v) is 8.99. The maximum Gasteiger partial charge on any atom is 0.0713 e. The van der Waals surface area contributed by atoms with Gasteiger partial charge in [0.05, 0.1) is 6.00 Å². The molecule has 0 unspecified atom stereocenters. The van der Waals surface area contributed by atoms with Gasteiger partial charge in [0.15, 0.2) is 0 Å². The summed E-state index contributed by atoms with van der Waals surface area (Å²) in [5.74, 6) is 0. The van der Waals surface area contributed by atoms with Crippen molar-refractivity contribution in [3.63, 3.8) is 0 Å². The third-order valence-corrected chi connectivity index (χ3v) is 2.35. The Kier molecular flexibility index (Phi) is 4.26. The topological polar surface area (TPSA) is 12.0 Å². The van der Waals surface area contributed by atoms with E-state index in [1.807, 2.05) is 0 Å². The second-order valence-corrected chi connectivity index (χ2v) is 3.58. The molecular weight excluding hydrogens is 182 g/mol. The molecule has 0 aromatic heterocycles. The van der Waals surface area contributed by atoms with Crippen molar-refractivity contribution < 1.29 is 0 Å². The van der Waals surface area contributed by atoms with E-state index in [1.54, 1.807) is 0 Å². The van der Waals surface area contributed by atoms with Crippen LogP contribution in [0.15, 0.2) is 18.2 Å². The number of hydrogen-bond acceptors (Lipinski definition) is 1. The average Bonchev–Trinajstić information content (AvgIpc) is 2.09. The van der Waals surface area contributed by atoms with Crippen LogP contribution in [0.1, 0.15) is 16.7 Å². The van der Waals surface area contributed by atoms with Crippen molar-refractivity contribution in [2.24, 2.45) is 0 Å². The van der Waals surface area contributed by atoms with Crippen LogP contribution in [0.3, 0.4) is 0 Å². The Bertz CT molecular complexity index is 271. The summed E-state index contributed by atoms with van der Waals surface area (Å²) >= 11 is 5.52. The highest BCUT2D eigenvalue weighted by atomic mass is 35.5. The van der Waals surface area contributed by atoms with Gasteiger partial charge in [-0.1, -0.05) is 23.8 Å². The summed E-state index contributed by atoms with van der Waals surface area (Å²) < 4.78 is 0. The van der Waals surface area contributed by atoms with Gasteiger partial charge < -0.3 is 5.32 Å². The smallest absolute Gasteiger partial charge is 0.0713 e. The molecule has 1 nitrogen and oxygen atoms in total. The van der Waals surface area contributed by atoms with Crippen LogP contribution in [-0.2, 0) is 6.42 Å². The molecule has 0 aliphatic heterocycles. The number of benzene rings is 1. The molecule has 0 spiro atoms. The molecule has 1 N–H and O–H groups in total. The first-order chi connectivity index (χ1) is 6.24. The van der Waals surface area contributed by atoms with Gasteiger partial charge in [0, 0.05) is 6.54 Å². The quantitative estimate of drug-likeness (QED) is 0.445. The van der Waals surface area contributed by atoms with Crippen molar-refractivity contribution in [3.8, 4) is 0 Å². The lowest BCUT2D eigenvalue weighted by Gasteiger charge is -2.06. The van der Waals surface area contributed by atoms with Gasteiger partial charge in [-0.15, -0.1) is 11.6 Å². The number of aryl methyl sites for hydroxylation is 2. The summed E-state index contributed by atoms with van der Waals surface area (Å²) in [7, 11) is 0. The number of nitrogens with one attached hydrogen (secondary N) is 1. The monoisotopic (exact) mass is 197 g/mol. The molecule has 0 radical (unpaired) electrons. The van der Waals surface area contributed by atoms with E-state index in [9.17, 15) is 0 Å². The molecule has 0 heterocycles. The molecule has 0 aliphatic carbocycles. The van der Waals surface area contributed by atoms with E-state index in [0.717, 1.165) is 13.0 Å². The number of hydrogen-bond donors (Lipinski definition) is 1. The number of alkyl halides is 1. The molecule has 0 aliphatic rings. The fraction of sp³-hybridized carbons (Fsp3) is 0.455. The van der Waals surface area contributed by atoms with Gasteiger partial charge in [-0.2, -0.15) is 0 Å². The van der Waals surface area contributed by atoms with E-state index < -0.39 is 0 Å². The van der Waals surface area contributed by atoms with Crippen molar-refractivity contribution >= 4 is 11.6 Å². The van der Waals surface area contributed by atoms with E-state index in [0.29, 0.717) is 6.00 Å². The summed E-state index contributed by atoms with van der Waals surface area (Å²) in [5, 5.41) is 3.10. The third-order valence-electron chi connectivity index (χ3n) is 2.16. The predicted molar refractivity (Wildman–Crippen MR) is 58.3 cm³/mol. The molecule has 0 saturated heterocycles. The molecular formula is C11H16ClN. The van der Waals surface area contributed by atoms with Gasteiger partial charge in [-0.25, -0.2) is 0 Å². The molecule has 1 aromatic carbocycles. The molecule has 0 saturated carbocycles. The van der Waals surface area contributed by atoms with Gasteiger partial charge >= 0.3 is 0 Å². The average molecular weight is 198 g/mol. The molecule has 1 aromatic rings. The van der Waals surface area contributed by atoms with Crippen molar-refractivity contribution in [3.05, 3.63) is 34.9 Å². The lowest BCUT2D eigenvalue weighted by Crippen LogP contribution is -2.15. The van der Waals surface area contributed by atoms with E-state index in [1.165, 1.54) is 16.7 Å². The van der Waals surface area contributed by atoms with E-state index in [2.05, 4.69) is 37.4 Å². The van der Waals surface area contributed by atoms with Crippen molar-refractivity contribution in [1.29, 1.82) is 0 Å². The molecule has 2 heteroatoms. The van der Waals surface area contributed by atoms with Gasteiger partial charge in [-0.3, -0.25) is 0 Å². The molecule has 0 fully saturated rings. The van der Waals surface area contributed by atoms with Crippen LogP contribution in [0.25, 0.3) is 0 Å². The maximum absolute atomic E-state index is 5.52. The zero-order valence-electron chi connectivity index (χ0n) is 8.23. The van der Waals surface area contributed by atoms with E-state index in [-0.39, 0.29) is 0 Å². The highest BCUT2D eigenvalue weighted by Crippen LogP contribution is 2.10. The molecule has 72 valence electrons. The first-order valence-corrected chi connectivity index (χ1v) is 5.10. The summed E-state index contributed by atoms with van der Waals surface area (Å²) in [4.78, 5) is 0. The number of halogens is 1. The van der Waals surface area contributed by atoms with Crippen LogP contribution < -0.4 is 5.32 Å². The Morgan fingerprint density at radius 1 is 1.31 bits per heavy atom. The minimum atomic E-state index is 0.533. The highest BCUT2D eigenvalue weighted by Gasteiger charge is 1.97. The van der Waals surface area contributed by atoms with E-state index >= 15 is 0 Å². The van der Waals surface area contributed by atoms with Crippen LogP contribution in [-0.4, -0.2) is 12.5 Å². The van der Waals surface area contributed by atoms with Gasteiger partial charge in [0.1, 0.15) is 0 Å². The summed E-state index contributed by atoms with van der Waals surface area (Å²) in [6.45, 7) is 5.23. The summed E-state index contributed by atoms with van der Waals surface area (Å²) in [6, 6.07) is 7.10. The lowest BCUT2D eigenvalue weighted by atomic mass is 10.0. The van der Waals surface area contributed by atoms with Crippen LogP contribution in [0.5, 0.6) is 0 Å². The van der Waals surface area contributed by atoms with Gasteiger partial charge in [0.25, 0.3) is 0 Å². The standard InChI is InChI=1S/C11H16ClN/c1-9-3-4-11(10(2)7-9)5-6-13-8-12/h3-4,7,13H,5-6,8H2,1-2H3. The fourth-order valence-corrected chi connectivity index (χ4v) is 1.55. The SMILES string of the molecule is Cc1ccc(CCNCCl)c(C)c1. The van der Waals surface area contributed by atoms with Crippen LogP contribution in [0, 0.1) is 13.8 Å². The highest BCUT2D eigenvalue weighted by molar-refractivity contribution is 6.17. The Morgan fingerprint density at radius 2 is 2.08 bits per heavy atom. The molecule has 13 heavy (non-hydrogen) atoms. The van der Waals surface area contributed by atoms with Crippen molar-refractivity contribution in [1.82, 2.24) is 5.32 Å². The lowest BCUT2D eigenvalue weighted by molar-refractivity contribution is 0.768. The summed E-state index contributed by atoms with van der Waals surface area (Å²) in [5.41, 5.74) is 4.10. The first-order valence-electron chi connectivity index (χ1n) is 4.57. The Balaban J connectivity index is 2.56. The first kappa shape index (κ1) is 10.6. The Labute approximate surface area is 85.1 Å². The largest absolute Gasteiger partial charge is 0.304 e. The summed E-state index contributed by atoms with van der Waals surface area (Å²) in [6.07, 6.45) is 1.05. The Morgan fingerprint density at radius 3 is 2.69 bits per heavy atom. The van der Waals surface area contributed by atoms with Crippen LogP contribution in [0.4, 0.5) is 0 Å².